The van der Waals surface area contributed by atoms with Gasteiger partial charge in [-0.05, 0) is 43.3 Å². The molecule has 2 aromatic heterocycles. The molecule has 2 N–H and O–H groups in total. The minimum atomic E-state index is -0.716. The van der Waals surface area contributed by atoms with Crippen LogP contribution in [0.2, 0.25) is 0 Å². The molecule has 0 aliphatic heterocycles. The van der Waals surface area contributed by atoms with Gasteiger partial charge >= 0.3 is 11.8 Å². The maximum Gasteiger partial charge on any atom is 0.313 e. The van der Waals surface area contributed by atoms with Crippen molar-refractivity contribution in [2.75, 3.05) is 5.32 Å². The number of benzene rings is 1. The minimum absolute atomic E-state index is 0.202. The fourth-order valence-electron chi connectivity index (χ4n) is 2.30. The number of hydrogen-bond acceptors (Lipinski definition) is 5. The lowest BCUT2D eigenvalue weighted by atomic mass is 10.3. The Labute approximate surface area is 161 Å². The molecule has 27 heavy (non-hydrogen) atoms. The molecule has 0 aliphatic rings. The van der Waals surface area contributed by atoms with Crippen molar-refractivity contribution >= 4 is 29.3 Å². The van der Waals surface area contributed by atoms with Crippen LogP contribution in [0, 0.1) is 6.92 Å². The SMILES string of the molecule is Cc1cccc(CNC(=O)C(=O)Nc2ccc(Sc3nccn3C)cc2)n1. The van der Waals surface area contributed by atoms with E-state index >= 15 is 0 Å². The number of aromatic nitrogens is 3. The number of hydrogen-bond donors (Lipinski definition) is 2. The van der Waals surface area contributed by atoms with Crippen LogP contribution in [0.1, 0.15) is 11.4 Å². The molecule has 3 aromatic rings. The van der Waals surface area contributed by atoms with Crippen LogP contribution in [-0.2, 0) is 23.2 Å². The Kier molecular flexibility index (Phi) is 5.87. The van der Waals surface area contributed by atoms with Crippen LogP contribution in [0.5, 0.6) is 0 Å². The first kappa shape index (κ1) is 18.7. The van der Waals surface area contributed by atoms with Crippen LogP contribution in [0.4, 0.5) is 5.69 Å². The van der Waals surface area contributed by atoms with Gasteiger partial charge in [0.15, 0.2) is 5.16 Å². The largest absolute Gasteiger partial charge is 0.342 e. The molecule has 0 bridgehead atoms. The number of nitrogens with one attached hydrogen (secondary N) is 2. The standard InChI is InChI=1S/C19H19N5O2S/c1-13-4-3-5-15(22-13)12-21-17(25)18(26)23-14-6-8-16(9-7-14)27-19-20-10-11-24(19)2/h3-11H,12H2,1-2H3,(H,21,25)(H,23,26). The summed E-state index contributed by atoms with van der Waals surface area (Å²) in [5, 5.41) is 6.02. The predicted octanol–water partition coefficient (Wildman–Crippen LogP) is 2.53. The van der Waals surface area contributed by atoms with Gasteiger partial charge in [0, 0.05) is 35.7 Å². The third-order valence-electron chi connectivity index (χ3n) is 3.68. The first-order chi connectivity index (χ1) is 13.0. The van der Waals surface area contributed by atoms with Crippen molar-refractivity contribution in [3.05, 3.63) is 66.2 Å². The highest BCUT2D eigenvalue weighted by Crippen LogP contribution is 2.26. The fourth-order valence-corrected chi connectivity index (χ4v) is 3.10. The number of amides is 2. The van der Waals surface area contributed by atoms with Crippen molar-refractivity contribution in [1.29, 1.82) is 0 Å². The van der Waals surface area contributed by atoms with Crippen molar-refractivity contribution < 1.29 is 9.59 Å². The van der Waals surface area contributed by atoms with Gasteiger partial charge in [-0.2, -0.15) is 0 Å². The first-order valence-corrected chi connectivity index (χ1v) is 9.10. The Balaban J connectivity index is 1.52. The van der Waals surface area contributed by atoms with Gasteiger partial charge in [-0.3, -0.25) is 14.6 Å². The van der Waals surface area contributed by atoms with Crippen LogP contribution < -0.4 is 10.6 Å². The van der Waals surface area contributed by atoms with Crippen molar-refractivity contribution in [3.8, 4) is 0 Å². The summed E-state index contributed by atoms with van der Waals surface area (Å²) >= 11 is 1.51. The van der Waals surface area contributed by atoms with E-state index in [4.69, 9.17) is 0 Å². The van der Waals surface area contributed by atoms with Gasteiger partial charge in [-0.25, -0.2) is 4.98 Å². The van der Waals surface area contributed by atoms with E-state index in [9.17, 15) is 9.59 Å². The van der Waals surface area contributed by atoms with E-state index in [2.05, 4.69) is 20.6 Å². The minimum Gasteiger partial charge on any atom is -0.342 e. The van der Waals surface area contributed by atoms with Crippen molar-refractivity contribution in [2.45, 2.75) is 23.5 Å². The number of carbonyl (C=O) groups excluding carboxylic acids is 2. The van der Waals surface area contributed by atoms with E-state index in [-0.39, 0.29) is 6.54 Å². The molecule has 2 amide bonds. The monoisotopic (exact) mass is 381 g/mol. The molecular weight excluding hydrogens is 362 g/mol. The second-order valence-corrected chi connectivity index (χ2v) is 6.89. The molecule has 0 spiro atoms. The fraction of sp³-hybridized carbons (Fsp3) is 0.158. The van der Waals surface area contributed by atoms with Gasteiger partial charge < -0.3 is 15.2 Å². The van der Waals surface area contributed by atoms with E-state index < -0.39 is 11.8 Å². The molecule has 0 atom stereocenters. The van der Waals surface area contributed by atoms with Gasteiger partial charge in [0.1, 0.15) is 0 Å². The second kappa shape index (κ2) is 8.50. The summed E-state index contributed by atoms with van der Waals surface area (Å²) in [6.07, 6.45) is 3.61. The van der Waals surface area contributed by atoms with Gasteiger partial charge in [0.2, 0.25) is 0 Å². The van der Waals surface area contributed by atoms with Crippen LogP contribution in [0.3, 0.4) is 0 Å². The van der Waals surface area contributed by atoms with Crippen molar-refractivity contribution in [2.24, 2.45) is 7.05 Å². The molecule has 0 aliphatic carbocycles. The normalized spacial score (nSPS) is 10.4. The van der Waals surface area contributed by atoms with Gasteiger partial charge in [0.05, 0.1) is 12.2 Å². The molecule has 1 aromatic carbocycles. The zero-order valence-electron chi connectivity index (χ0n) is 15.0. The lowest BCUT2D eigenvalue weighted by Gasteiger charge is -2.07. The van der Waals surface area contributed by atoms with Crippen LogP contribution in [0.25, 0.3) is 0 Å². The van der Waals surface area contributed by atoms with Gasteiger partial charge in [-0.15, -0.1) is 0 Å². The molecule has 3 rings (SSSR count). The molecule has 0 saturated heterocycles. The van der Waals surface area contributed by atoms with Crippen LogP contribution >= 0.6 is 11.8 Å². The Morgan fingerprint density at radius 1 is 1.11 bits per heavy atom. The number of carbonyl (C=O) groups is 2. The summed E-state index contributed by atoms with van der Waals surface area (Å²) < 4.78 is 1.92. The van der Waals surface area contributed by atoms with E-state index in [1.807, 2.05) is 49.0 Å². The maximum atomic E-state index is 12.0. The zero-order chi connectivity index (χ0) is 19.2. The molecule has 2 heterocycles. The number of anilines is 1. The smallest absolute Gasteiger partial charge is 0.313 e. The molecule has 0 saturated carbocycles. The summed E-state index contributed by atoms with van der Waals surface area (Å²) in [5.74, 6) is -1.42. The average Bonchev–Trinajstić information content (AvgIpc) is 3.06. The lowest BCUT2D eigenvalue weighted by molar-refractivity contribution is -0.136. The number of imidazole rings is 1. The van der Waals surface area contributed by atoms with Crippen LogP contribution in [0.15, 0.2) is 64.9 Å². The lowest BCUT2D eigenvalue weighted by Crippen LogP contribution is -2.35. The van der Waals surface area contributed by atoms with E-state index in [0.717, 1.165) is 15.7 Å². The molecule has 8 heteroatoms. The predicted molar refractivity (Wildman–Crippen MR) is 103 cm³/mol. The zero-order valence-corrected chi connectivity index (χ0v) is 15.8. The van der Waals surface area contributed by atoms with E-state index in [1.54, 1.807) is 24.4 Å². The number of aryl methyl sites for hydroxylation is 2. The third kappa shape index (κ3) is 5.18. The average molecular weight is 381 g/mol. The highest BCUT2D eigenvalue weighted by molar-refractivity contribution is 7.99. The quantitative estimate of drug-likeness (QED) is 0.663. The Hall–Kier alpha value is -3.13. The topological polar surface area (TPSA) is 88.9 Å². The van der Waals surface area contributed by atoms with E-state index in [0.29, 0.717) is 11.4 Å². The molecule has 7 nitrogen and oxygen atoms in total. The Bertz CT molecular complexity index is 953. The number of rotatable bonds is 5. The molecule has 138 valence electrons. The summed E-state index contributed by atoms with van der Waals surface area (Å²) in [4.78, 5) is 33.5. The van der Waals surface area contributed by atoms with Crippen LogP contribution in [-0.4, -0.2) is 26.3 Å². The maximum absolute atomic E-state index is 12.0. The number of pyridine rings is 1. The van der Waals surface area contributed by atoms with E-state index in [1.165, 1.54) is 11.8 Å². The Morgan fingerprint density at radius 3 is 2.56 bits per heavy atom. The molecule has 0 fully saturated rings. The Morgan fingerprint density at radius 2 is 1.89 bits per heavy atom. The van der Waals surface area contributed by atoms with Gasteiger partial charge in [-0.1, -0.05) is 17.8 Å². The first-order valence-electron chi connectivity index (χ1n) is 8.28. The molecule has 0 radical (unpaired) electrons. The van der Waals surface area contributed by atoms with Crippen molar-refractivity contribution in [3.63, 3.8) is 0 Å². The summed E-state index contributed by atoms with van der Waals surface area (Å²) in [6, 6.07) is 12.7. The molecule has 0 unspecified atom stereocenters. The highest BCUT2D eigenvalue weighted by atomic mass is 32.2. The third-order valence-corrected chi connectivity index (χ3v) is 4.76. The van der Waals surface area contributed by atoms with Crippen molar-refractivity contribution in [1.82, 2.24) is 19.9 Å². The second-order valence-electron chi connectivity index (χ2n) is 5.85. The number of nitrogens with zero attached hydrogens (tertiary/aromatic N) is 3. The summed E-state index contributed by atoms with van der Waals surface area (Å²) in [7, 11) is 1.93. The summed E-state index contributed by atoms with van der Waals surface area (Å²) in [5.41, 5.74) is 2.11. The highest BCUT2D eigenvalue weighted by Gasteiger charge is 2.13. The molecular formula is C19H19N5O2S. The summed E-state index contributed by atoms with van der Waals surface area (Å²) in [6.45, 7) is 2.07. The van der Waals surface area contributed by atoms with Gasteiger partial charge in [0.25, 0.3) is 0 Å².